The molecule has 0 saturated carbocycles. The number of methoxy groups -OCH3 is 1. The first kappa shape index (κ1) is 14.7. The maximum atomic E-state index is 12.1. The number of benzene rings is 1. The summed E-state index contributed by atoms with van der Waals surface area (Å²) in [4.78, 5) is 28.1. The molecule has 21 heavy (non-hydrogen) atoms. The van der Waals surface area contributed by atoms with E-state index in [-0.39, 0.29) is 30.4 Å². The Labute approximate surface area is 121 Å². The van der Waals surface area contributed by atoms with E-state index >= 15 is 0 Å². The maximum absolute atomic E-state index is 12.1. The van der Waals surface area contributed by atoms with Crippen LogP contribution in [0, 0.1) is 5.92 Å². The molecule has 1 heterocycles. The molecule has 1 fully saturated rings. The molecule has 0 aliphatic carbocycles. The highest BCUT2D eigenvalue weighted by atomic mass is 16.5. The first-order chi connectivity index (χ1) is 10.1. The number of hydrogen-bond acceptors (Lipinski definition) is 5. The molecular weight excluding hydrogens is 274 g/mol. The molecule has 0 aromatic heterocycles. The first-order valence-corrected chi connectivity index (χ1v) is 6.36. The van der Waals surface area contributed by atoms with Gasteiger partial charge in [-0.2, -0.15) is 0 Å². The summed E-state index contributed by atoms with van der Waals surface area (Å²) in [7, 11) is 1.27. The maximum Gasteiger partial charge on any atom is 0.340 e. The monoisotopic (exact) mass is 289 g/mol. The van der Waals surface area contributed by atoms with Crippen molar-refractivity contribution in [2.75, 3.05) is 30.8 Å². The molecule has 1 unspecified atom stereocenters. The van der Waals surface area contributed by atoms with Crippen LogP contribution in [-0.2, 0) is 9.53 Å². The standard InChI is InChI=1S/C13H15N5O3/c1-21-13(20)9-3-2-4-10(14)12(9)18-7-8(5-11(18)19)6-16-17-15/h2-4,8H,5-7,14H2,1H3. The third kappa shape index (κ3) is 2.90. The summed E-state index contributed by atoms with van der Waals surface area (Å²) in [5, 5.41) is 3.49. The summed E-state index contributed by atoms with van der Waals surface area (Å²) < 4.78 is 4.72. The number of nitrogens with two attached hydrogens (primary N) is 1. The molecule has 1 aliphatic heterocycles. The number of anilines is 2. The Morgan fingerprint density at radius 1 is 1.62 bits per heavy atom. The number of amides is 1. The normalized spacial score (nSPS) is 17.5. The molecule has 2 rings (SSSR count). The number of nitrogens with zero attached hydrogens (tertiary/aromatic N) is 4. The predicted molar refractivity (Wildman–Crippen MR) is 76.7 cm³/mol. The smallest absolute Gasteiger partial charge is 0.340 e. The summed E-state index contributed by atoms with van der Waals surface area (Å²) in [6, 6.07) is 4.81. The van der Waals surface area contributed by atoms with E-state index in [2.05, 4.69) is 10.0 Å². The van der Waals surface area contributed by atoms with Gasteiger partial charge in [0.25, 0.3) is 0 Å². The van der Waals surface area contributed by atoms with E-state index in [0.717, 1.165) is 0 Å². The van der Waals surface area contributed by atoms with Crippen molar-refractivity contribution in [3.05, 3.63) is 34.2 Å². The SMILES string of the molecule is COC(=O)c1cccc(N)c1N1CC(CN=[N+]=[N-])CC1=O. The van der Waals surface area contributed by atoms with Gasteiger partial charge in [0.2, 0.25) is 5.91 Å². The van der Waals surface area contributed by atoms with Gasteiger partial charge in [-0.05, 0) is 23.6 Å². The molecule has 8 heteroatoms. The van der Waals surface area contributed by atoms with Crippen LogP contribution < -0.4 is 10.6 Å². The van der Waals surface area contributed by atoms with Crippen LogP contribution in [0.2, 0.25) is 0 Å². The Bertz CT molecular complexity index is 624. The third-order valence-corrected chi connectivity index (χ3v) is 3.35. The molecule has 1 aromatic rings. The second-order valence-electron chi connectivity index (χ2n) is 4.72. The predicted octanol–water partition coefficient (Wildman–Crippen LogP) is 1.72. The minimum absolute atomic E-state index is 0.0847. The Kier molecular flexibility index (Phi) is 4.30. The van der Waals surface area contributed by atoms with Crippen LogP contribution in [0.4, 0.5) is 11.4 Å². The van der Waals surface area contributed by atoms with Crippen LogP contribution in [0.1, 0.15) is 16.8 Å². The number of rotatable bonds is 4. The molecular formula is C13H15N5O3. The van der Waals surface area contributed by atoms with E-state index in [9.17, 15) is 9.59 Å². The van der Waals surface area contributed by atoms with Crippen molar-refractivity contribution >= 4 is 23.3 Å². The summed E-state index contributed by atoms with van der Waals surface area (Å²) in [6.07, 6.45) is 0.258. The van der Waals surface area contributed by atoms with Crippen LogP contribution in [0.3, 0.4) is 0 Å². The molecule has 1 saturated heterocycles. The van der Waals surface area contributed by atoms with Crippen molar-refractivity contribution in [1.82, 2.24) is 0 Å². The zero-order valence-corrected chi connectivity index (χ0v) is 11.5. The summed E-state index contributed by atoms with van der Waals surface area (Å²) in [5.74, 6) is -0.793. The minimum atomic E-state index is -0.552. The fraction of sp³-hybridized carbons (Fsp3) is 0.385. The van der Waals surface area contributed by atoms with Gasteiger partial charge in [0, 0.05) is 24.4 Å². The van der Waals surface area contributed by atoms with Crippen molar-refractivity contribution in [1.29, 1.82) is 0 Å². The fourth-order valence-electron chi connectivity index (χ4n) is 2.41. The lowest BCUT2D eigenvalue weighted by Gasteiger charge is -2.21. The summed E-state index contributed by atoms with van der Waals surface area (Å²) in [5.41, 5.74) is 15.2. The highest BCUT2D eigenvalue weighted by Crippen LogP contribution is 2.33. The van der Waals surface area contributed by atoms with Gasteiger partial charge in [0.1, 0.15) is 0 Å². The lowest BCUT2D eigenvalue weighted by Crippen LogP contribution is -2.28. The number of carbonyl (C=O) groups excluding carboxylic acids is 2. The molecule has 110 valence electrons. The molecule has 0 bridgehead atoms. The molecule has 2 N–H and O–H groups in total. The molecule has 0 spiro atoms. The molecule has 1 atom stereocenters. The van der Waals surface area contributed by atoms with Crippen LogP contribution >= 0.6 is 0 Å². The van der Waals surface area contributed by atoms with Gasteiger partial charge < -0.3 is 15.4 Å². The Hall–Kier alpha value is -2.73. The zero-order chi connectivity index (χ0) is 15.4. The van der Waals surface area contributed by atoms with Gasteiger partial charge in [-0.15, -0.1) is 0 Å². The number of carbonyl (C=O) groups is 2. The second kappa shape index (κ2) is 6.15. The number of ether oxygens (including phenoxy) is 1. The van der Waals surface area contributed by atoms with E-state index in [4.69, 9.17) is 16.0 Å². The topological polar surface area (TPSA) is 121 Å². The zero-order valence-electron chi connectivity index (χ0n) is 11.5. The summed E-state index contributed by atoms with van der Waals surface area (Å²) >= 11 is 0. The molecule has 1 aliphatic rings. The lowest BCUT2D eigenvalue weighted by atomic mass is 10.1. The van der Waals surface area contributed by atoms with Gasteiger partial charge in [-0.3, -0.25) is 4.79 Å². The van der Waals surface area contributed by atoms with Gasteiger partial charge in [-0.1, -0.05) is 11.2 Å². The van der Waals surface area contributed by atoms with E-state index in [1.807, 2.05) is 0 Å². The van der Waals surface area contributed by atoms with E-state index in [1.165, 1.54) is 12.0 Å². The number of azide groups is 1. The number of para-hydroxylation sites is 1. The van der Waals surface area contributed by atoms with E-state index < -0.39 is 5.97 Å². The molecule has 1 amide bonds. The van der Waals surface area contributed by atoms with Crippen molar-refractivity contribution in [2.24, 2.45) is 11.0 Å². The minimum Gasteiger partial charge on any atom is -0.465 e. The average molecular weight is 289 g/mol. The summed E-state index contributed by atoms with van der Waals surface area (Å²) in [6.45, 7) is 0.592. The van der Waals surface area contributed by atoms with Crippen LogP contribution in [0.5, 0.6) is 0 Å². The fourth-order valence-corrected chi connectivity index (χ4v) is 2.41. The molecule has 0 radical (unpaired) electrons. The number of nitrogen functional groups attached to an aromatic ring is 1. The van der Waals surface area contributed by atoms with Gasteiger partial charge in [0.15, 0.2) is 0 Å². The quantitative estimate of drug-likeness (QED) is 0.298. The highest BCUT2D eigenvalue weighted by Gasteiger charge is 2.33. The highest BCUT2D eigenvalue weighted by molar-refractivity contribution is 6.06. The first-order valence-electron chi connectivity index (χ1n) is 6.36. The largest absolute Gasteiger partial charge is 0.465 e. The molecule has 1 aromatic carbocycles. The Morgan fingerprint density at radius 3 is 3.05 bits per heavy atom. The lowest BCUT2D eigenvalue weighted by molar-refractivity contribution is -0.117. The number of hydrogen-bond donors (Lipinski definition) is 1. The van der Waals surface area contributed by atoms with Crippen LogP contribution in [0.15, 0.2) is 23.3 Å². The second-order valence-corrected chi connectivity index (χ2v) is 4.72. The van der Waals surface area contributed by atoms with Gasteiger partial charge >= 0.3 is 5.97 Å². The van der Waals surface area contributed by atoms with Crippen molar-refractivity contribution < 1.29 is 14.3 Å². The Morgan fingerprint density at radius 2 is 2.38 bits per heavy atom. The van der Waals surface area contributed by atoms with Crippen LogP contribution in [-0.4, -0.2) is 32.1 Å². The van der Waals surface area contributed by atoms with Gasteiger partial charge in [-0.25, -0.2) is 4.79 Å². The number of esters is 1. The Balaban J connectivity index is 2.35. The third-order valence-electron chi connectivity index (χ3n) is 3.35. The average Bonchev–Trinajstić information content (AvgIpc) is 2.84. The molecule has 8 nitrogen and oxygen atoms in total. The van der Waals surface area contributed by atoms with Crippen molar-refractivity contribution in [2.45, 2.75) is 6.42 Å². The van der Waals surface area contributed by atoms with Gasteiger partial charge in [0.05, 0.1) is 24.0 Å². The van der Waals surface area contributed by atoms with E-state index in [0.29, 0.717) is 17.9 Å². The van der Waals surface area contributed by atoms with Crippen molar-refractivity contribution in [3.8, 4) is 0 Å². The van der Waals surface area contributed by atoms with E-state index in [1.54, 1.807) is 18.2 Å². The van der Waals surface area contributed by atoms with Crippen LogP contribution in [0.25, 0.3) is 10.4 Å². The van der Waals surface area contributed by atoms with Crippen molar-refractivity contribution in [3.63, 3.8) is 0 Å².